The van der Waals surface area contributed by atoms with Crippen molar-refractivity contribution in [3.05, 3.63) is 84.7 Å². The summed E-state index contributed by atoms with van der Waals surface area (Å²) >= 11 is 0. The summed E-state index contributed by atoms with van der Waals surface area (Å²) in [5, 5.41) is 10.5. The number of aromatic nitrogens is 3. The molecule has 4 heterocycles. The standard InChI is InChI=1S/C40H51F2N7O6S/c1-3-38(50)47-18-19-55-26-33(25-47)56(52,53)32-10-11-37(35(42)21-32)48-23-28(24-48)22-46-15-12-29(13-16-46)40(27-49-17-14-43-45-49,30-6-4-7-31(41)20-30)34-8-5-9-36(34)44-39(51)54-2/h3-4,6-7,10-11,14,17,20-21,28-29,33-34,36H,1,5,8-9,12-13,15-16,18-19,22-27H2,2H3,(H,44,51)/t33-,34-,36-,40-/m0/s1. The molecule has 1 aliphatic carbocycles. The number of amides is 2. The molecule has 0 radical (unpaired) electrons. The summed E-state index contributed by atoms with van der Waals surface area (Å²) in [5.74, 6) is -0.808. The first kappa shape index (κ1) is 39.8. The molecule has 0 bridgehead atoms. The molecule has 0 unspecified atom stereocenters. The third-order valence-electron chi connectivity index (χ3n) is 12.5. The smallest absolute Gasteiger partial charge is 0.407 e. The van der Waals surface area contributed by atoms with Crippen LogP contribution in [0.1, 0.15) is 37.7 Å². The highest BCUT2D eigenvalue weighted by atomic mass is 32.2. The van der Waals surface area contributed by atoms with E-state index in [0.717, 1.165) is 69.4 Å². The zero-order chi connectivity index (χ0) is 39.5. The molecule has 16 heteroatoms. The molecule has 4 aliphatic rings. The number of carbonyl (C=O) groups excluding carboxylic acids is 2. The van der Waals surface area contributed by atoms with Crippen LogP contribution in [0.2, 0.25) is 0 Å². The van der Waals surface area contributed by atoms with Crippen molar-refractivity contribution in [3.63, 3.8) is 0 Å². The van der Waals surface area contributed by atoms with Gasteiger partial charge < -0.3 is 29.5 Å². The second-order valence-electron chi connectivity index (χ2n) is 15.6. The number of nitrogens with one attached hydrogen (secondary N) is 1. The Hall–Kier alpha value is -4.41. The number of sulfone groups is 1. The zero-order valence-electron chi connectivity index (χ0n) is 31.8. The van der Waals surface area contributed by atoms with E-state index in [4.69, 9.17) is 9.47 Å². The van der Waals surface area contributed by atoms with Gasteiger partial charge in [-0.05, 0) is 92.6 Å². The Morgan fingerprint density at radius 3 is 2.57 bits per heavy atom. The Bertz CT molecular complexity index is 1970. The number of carbonyl (C=O) groups is 2. The predicted molar refractivity (Wildman–Crippen MR) is 205 cm³/mol. The van der Waals surface area contributed by atoms with E-state index in [9.17, 15) is 18.0 Å². The normalized spacial score (nSPS) is 23.9. The quantitative estimate of drug-likeness (QED) is 0.267. The second-order valence-corrected chi connectivity index (χ2v) is 17.8. The monoisotopic (exact) mass is 795 g/mol. The summed E-state index contributed by atoms with van der Waals surface area (Å²) in [7, 11) is -2.61. The number of piperidine rings is 1. The van der Waals surface area contributed by atoms with Crippen molar-refractivity contribution in [3.8, 4) is 0 Å². The highest BCUT2D eigenvalue weighted by Gasteiger charge is 2.52. The van der Waals surface area contributed by atoms with Gasteiger partial charge in [0, 0.05) is 56.3 Å². The SMILES string of the molecule is C=CC(=O)N1CCOC[C@@H](S(=O)(=O)c2ccc(N3CC(CN4CCC([C@@](Cn5ccnn5)(c5cccc(F)c5)[C@H]5CCC[C@@H]5NC(=O)OC)CC4)C3)c(F)c2)C1. The van der Waals surface area contributed by atoms with Crippen LogP contribution in [0.15, 0.2) is 72.4 Å². The minimum absolute atomic E-state index is 0.0114. The molecular formula is C40H51F2N7O6S. The van der Waals surface area contributed by atoms with Gasteiger partial charge in [0.2, 0.25) is 5.91 Å². The molecule has 1 aromatic heterocycles. The van der Waals surface area contributed by atoms with Crippen molar-refractivity contribution in [1.29, 1.82) is 0 Å². The molecule has 56 heavy (non-hydrogen) atoms. The lowest BCUT2D eigenvalue weighted by Gasteiger charge is -2.51. The van der Waals surface area contributed by atoms with Gasteiger partial charge in [0.15, 0.2) is 9.84 Å². The van der Waals surface area contributed by atoms with E-state index in [0.29, 0.717) is 31.2 Å². The Morgan fingerprint density at radius 1 is 1.07 bits per heavy atom. The van der Waals surface area contributed by atoms with Crippen LogP contribution in [0.25, 0.3) is 0 Å². The maximum Gasteiger partial charge on any atom is 0.407 e. The van der Waals surface area contributed by atoms with Crippen molar-refractivity contribution >= 4 is 27.5 Å². The van der Waals surface area contributed by atoms with E-state index in [1.54, 1.807) is 18.3 Å². The van der Waals surface area contributed by atoms with Gasteiger partial charge in [-0.3, -0.25) is 9.48 Å². The van der Waals surface area contributed by atoms with Crippen LogP contribution in [-0.4, -0.2) is 123 Å². The summed E-state index contributed by atoms with van der Waals surface area (Å²) in [6.07, 6.45) is 8.48. The van der Waals surface area contributed by atoms with Gasteiger partial charge >= 0.3 is 6.09 Å². The summed E-state index contributed by atoms with van der Waals surface area (Å²) in [6.45, 7) is 8.11. The summed E-state index contributed by atoms with van der Waals surface area (Å²) < 4.78 is 70.0. The van der Waals surface area contributed by atoms with Crippen molar-refractivity contribution in [2.45, 2.75) is 60.3 Å². The molecule has 4 fully saturated rings. The lowest BCUT2D eigenvalue weighted by atomic mass is 9.58. The molecule has 1 saturated carbocycles. The van der Waals surface area contributed by atoms with E-state index in [-0.39, 0.29) is 60.8 Å². The largest absolute Gasteiger partial charge is 0.453 e. The van der Waals surface area contributed by atoms with Crippen LogP contribution in [0.4, 0.5) is 19.3 Å². The number of halogens is 2. The average Bonchev–Trinajstić information content (AvgIpc) is 3.81. The Labute approximate surface area is 326 Å². The van der Waals surface area contributed by atoms with Crippen LogP contribution >= 0.6 is 0 Å². The fourth-order valence-electron chi connectivity index (χ4n) is 9.70. The fourth-order valence-corrected chi connectivity index (χ4v) is 11.3. The summed E-state index contributed by atoms with van der Waals surface area (Å²) in [6, 6.07) is 10.8. The molecule has 0 spiro atoms. The maximum absolute atomic E-state index is 15.6. The number of hydrogen-bond donors (Lipinski definition) is 1. The highest BCUT2D eigenvalue weighted by Crippen LogP contribution is 2.51. The van der Waals surface area contributed by atoms with Crippen molar-refractivity contribution in [1.82, 2.24) is 30.1 Å². The first-order valence-corrected chi connectivity index (χ1v) is 21.0. The highest BCUT2D eigenvalue weighted by molar-refractivity contribution is 7.92. The average molecular weight is 796 g/mol. The number of rotatable bonds is 12. The number of anilines is 1. The predicted octanol–water partition coefficient (Wildman–Crippen LogP) is 4.05. The molecule has 2 amide bonds. The lowest BCUT2D eigenvalue weighted by Crippen LogP contribution is -2.56. The minimum Gasteiger partial charge on any atom is -0.453 e. The van der Waals surface area contributed by atoms with Crippen LogP contribution < -0.4 is 10.2 Å². The number of methoxy groups -OCH3 is 1. The van der Waals surface area contributed by atoms with Gasteiger partial charge in [-0.1, -0.05) is 30.3 Å². The Balaban J connectivity index is 1.01. The topological polar surface area (TPSA) is 139 Å². The number of benzene rings is 2. The van der Waals surface area contributed by atoms with Gasteiger partial charge in [-0.2, -0.15) is 0 Å². The van der Waals surface area contributed by atoms with Gasteiger partial charge in [-0.15, -0.1) is 5.10 Å². The maximum atomic E-state index is 15.6. The molecule has 302 valence electrons. The summed E-state index contributed by atoms with van der Waals surface area (Å²) in [5.41, 5.74) is 0.720. The van der Waals surface area contributed by atoms with Crippen LogP contribution in [0.5, 0.6) is 0 Å². The van der Waals surface area contributed by atoms with Gasteiger partial charge in [0.05, 0.1) is 43.6 Å². The van der Waals surface area contributed by atoms with E-state index in [1.807, 2.05) is 21.8 Å². The Kier molecular flexibility index (Phi) is 12.1. The number of hydrogen-bond acceptors (Lipinski definition) is 10. The van der Waals surface area contributed by atoms with E-state index < -0.39 is 32.4 Å². The first-order chi connectivity index (χ1) is 27.0. The third-order valence-corrected chi connectivity index (χ3v) is 14.5. The molecule has 4 atom stereocenters. The molecular weight excluding hydrogens is 745 g/mol. The van der Waals surface area contributed by atoms with Crippen molar-refractivity contribution in [2.24, 2.45) is 17.8 Å². The second kappa shape index (κ2) is 17.0. The molecule has 2 aromatic carbocycles. The van der Waals surface area contributed by atoms with Gasteiger partial charge in [-0.25, -0.2) is 22.0 Å². The van der Waals surface area contributed by atoms with E-state index in [1.165, 1.54) is 30.2 Å². The third kappa shape index (κ3) is 8.19. The fraction of sp³-hybridized carbons (Fsp3) is 0.550. The Morgan fingerprint density at radius 2 is 1.88 bits per heavy atom. The van der Waals surface area contributed by atoms with Crippen LogP contribution in [-0.2, 0) is 36.1 Å². The molecule has 3 saturated heterocycles. The molecule has 3 aliphatic heterocycles. The molecule has 7 rings (SSSR count). The van der Waals surface area contributed by atoms with Crippen LogP contribution in [0.3, 0.4) is 0 Å². The lowest BCUT2D eigenvalue weighted by molar-refractivity contribution is -0.126. The number of nitrogens with zero attached hydrogens (tertiary/aromatic N) is 6. The van der Waals surface area contributed by atoms with Crippen LogP contribution in [0, 0.1) is 29.4 Å². The van der Waals surface area contributed by atoms with E-state index >= 15 is 8.78 Å². The number of ether oxygens (including phenoxy) is 2. The number of alkyl carbamates (subject to hydrolysis) is 1. The molecule has 1 N–H and O–H groups in total. The molecule has 3 aromatic rings. The van der Waals surface area contributed by atoms with Crippen molar-refractivity contribution in [2.75, 3.05) is 71.0 Å². The first-order valence-electron chi connectivity index (χ1n) is 19.5. The number of likely N-dealkylation sites (tertiary alicyclic amines) is 1. The zero-order valence-corrected chi connectivity index (χ0v) is 32.6. The van der Waals surface area contributed by atoms with E-state index in [2.05, 4.69) is 27.1 Å². The van der Waals surface area contributed by atoms with Crippen molar-refractivity contribution < 1.29 is 36.3 Å². The minimum atomic E-state index is -3.98. The van der Waals surface area contributed by atoms with Gasteiger partial charge in [0.1, 0.15) is 16.9 Å². The molecule has 13 nitrogen and oxygen atoms in total. The van der Waals surface area contributed by atoms with Gasteiger partial charge in [0.25, 0.3) is 0 Å². The summed E-state index contributed by atoms with van der Waals surface area (Å²) in [4.78, 5) is 30.4.